The molecule has 0 radical (unpaired) electrons. The van der Waals surface area contributed by atoms with Crippen molar-refractivity contribution in [1.29, 1.82) is 0 Å². The monoisotopic (exact) mass is 743 g/mol. The smallest absolute Gasteiger partial charge is 0.143 e. The van der Waals surface area contributed by atoms with Crippen LogP contribution in [0.4, 0.5) is 17.1 Å². The van der Waals surface area contributed by atoms with Gasteiger partial charge in [-0.25, -0.2) is 0 Å². The van der Waals surface area contributed by atoms with Gasteiger partial charge in [0, 0.05) is 43.0 Å². The average Bonchev–Trinajstić information content (AvgIpc) is 3.86. The van der Waals surface area contributed by atoms with E-state index < -0.39 is 0 Å². The topological polar surface area (TPSA) is 16.4 Å². The fraction of sp³-hybridized carbons (Fsp3) is 0. The van der Waals surface area contributed by atoms with Crippen molar-refractivity contribution >= 4 is 103 Å². The molecule has 2 aromatic heterocycles. The molecular formula is C54H33NOS. The summed E-state index contributed by atoms with van der Waals surface area (Å²) < 4.78 is 9.11. The SMILES string of the molecule is c1ccc2c(c1)ccc1cc(-c3ccc(N(c4ccc(-c5cccc6oc7c8ccccc8ccc7c56)cc4)c4cccc5c4sc4ccccc45)cc3)ccc12. The minimum Gasteiger partial charge on any atom is -0.455 e. The van der Waals surface area contributed by atoms with Crippen LogP contribution < -0.4 is 4.90 Å². The molecule has 0 aliphatic carbocycles. The Morgan fingerprint density at radius 3 is 1.81 bits per heavy atom. The third kappa shape index (κ3) is 5.10. The summed E-state index contributed by atoms with van der Waals surface area (Å²) in [5.41, 5.74) is 9.94. The predicted octanol–water partition coefficient (Wildman–Crippen LogP) is 16.2. The normalized spacial score (nSPS) is 11.9. The molecule has 10 aromatic carbocycles. The summed E-state index contributed by atoms with van der Waals surface area (Å²) in [7, 11) is 0. The van der Waals surface area contributed by atoms with Crippen molar-refractivity contribution < 1.29 is 4.42 Å². The molecule has 0 N–H and O–H groups in total. The highest BCUT2D eigenvalue weighted by atomic mass is 32.1. The van der Waals surface area contributed by atoms with Gasteiger partial charge >= 0.3 is 0 Å². The highest BCUT2D eigenvalue weighted by molar-refractivity contribution is 7.26. The molecule has 0 saturated heterocycles. The molecule has 0 aliphatic heterocycles. The van der Waals surface area contributed by atoms with Gasteiger partial charge in [-0.2, -0.15) is 0 Å². The molecule has 0 amide bonds. The number of hydrogen-bond donors (Lipinski definition) is 0. The van der Waals surface area contributed by atoms with Crippen LogP contribution in [-0.4, -0.2) is 0 Å². The van der Waals surface area contributed by atoms with Crippen molar-refractivity contribution in [3.63, 3.8) is 0 Å². The van der Waals surface area contributed by atoms with Crippen molar-refractivity contribution in [2.24, 2.45) is 0 Å². The Kier molecular flexibility index (Phi) is 7.13. The molecular weight excluding hydrogens is 711 g/mol. The van der Waals surface area contributed by atoms with E-state index >= 15 is 0 Å². The summed E-state index contributed by atoms with van der Waals surface area (Å²) in [5, 5.41) is 12.3. The summed E-state index contributed by atoms with van der Waals surface area (Å²) >= 11 is 1.86. The molecule has 0 fully saturated rings. The van der Waals surface area contributed by atoms with E-state index in [1.165, 1.54) is 69.5 Å². The summed E-state index contributed by atoms with van der Waals surface area (Å²) in [6.07, 6.45) is 0. The molecule has 0 unspecified atom stereocenters. The lowest BCUT2D eigenvalue weighted by Gasteiger charge is -2.26. The molecule has 2 nitrogen and oxygen atoms in total. The van der Waals surface area contributed by atoms with Gasteiger partial charge in [-0.3, -0.25) is 0 Å². The Labute approximate surface area is 333 Å². The summed E-state index contributed by atoms with van der Waals surface area (Å²) in [6.45, 7) is 0. The lowest BCUT2D eigenvalue weighted by Crippen LogP contribution is -2.10. The first kappa shape index (κ1) is 32.1. The number of nitrogens with zero attached hydrogens (tertiary/aromatic N) is 1. The van der Waals surface area contributed by atoms with Gasteiger partial charge in [-0.05, 0) is 104 Å². The van der Waals surface area contributed by atoms with E-state index in [1.807, 2.05) is 11.3 Å². The molecule has 3 heteroatoms. The Bertz CT molecular complexity index is 3520. The molecule has 0 bridgehead atoms. The standard InChI is InChI=1S/C54H33NOS/c1-3-11-42-35(9-1)19-20-39-33-38(26-31-43(39)42)34-21-27-40(28-22-34)55(49-16-7-15-47-46-13-5-6-18-51(46)57-54(47)49)41-29-23-37(24-30-41)44-14-8-17-50-52(44)48-32-25-36-10-2-4-12-45(36)53(48)56-50/h1-33H. The van der Waals surface area contributed by atoms with E-state index in [0.717, 1.165) is 44.3 Å². The number of benzene rings is 10. The molecule has 2 heterocycles. The molecule has 0 saturated carbocycles. The minimum absolute atomic E-state index is 0.904. The minimum atomic E-state index is 0.904. The number of fused-ring (bicyclic) bond motifs is 11. The average molecular weight is 744 g/mol. The van der Waals surface area contributed by atoms with E-state index in [1.54, 1.807) is 0 Å². The van der Waals surface area contributed by atoms with Crippen molar-refractivity contribution in [2.75, 3.05) is 4.90 Å². The third-order valence-electron chi connectivity index (χ3n) is 11.7. The first-order valence-corrected chi connectivity index (χ1v) is 20.2. The lowest BCUT2D eigenvalue weighted by atomic mass is 9.97. The maximum atomic E-state index is 6.54. The predicted molar refractivity (Wildman–Crippen MR) is 245 cm³/mol. The maximum Gasteiger partial charge on any atom is 0.143 e. The van der Waals surface area contributed by atoms with Crippen LogP contribution in [0.2, 0.25) is 0 Å². The van der Waals surface area contributed by atoms with Crippen molar-refractivity contribution in [3.05, 3.63) is 200 Å². The fourth-order valence-corrected chi connectivity index (χ4v) is 10.1. The van der Waals surface area contributed by atoms with Crippen LogP contribution >= 0.6 is 11.3 Å². The Hall–Kier alpha value is -7.20. The van der Waals surface area contributed by atoms with Gasteiger partial charge in [0.15, 0.2) is 0 Å². The number of thiophene rings is 1. The van der Waals surface area contributed by atoms with Crippen LogP contribution in [0.15, 0.2) is 205 Å². The van der Waals surface area contributed by atoms with Gasteiger partial charge in [0.25, 0.3) is 0 Å². The van der Waals surface area contributed by atoms with E-state index in [4.69, 9.17) is 4.42 Å². The number of anilines is 3. The number of rotatable bonds is 5. The fourth-order valence-electron chi connectivity index (χ4n) is 8.92. The van der Waals surface area contributed by atoms with E-state index in [9.17, 15) is 0 Å². The van der Waals surface area contributed by atoms with Crippen molar-refractivity contribution in [3.8, 4) is 22.3 Å². The Morgan fingerprint density at radius 1 is 0.386 bits per heavy atom. The van der Waals surface area contributed by atoms with Crippen LogP contribution in [0.3, 0.4) is 0 Å². The van der Waals surface area contributed by atoms with Crippen LogP contribution in [0, 0.1) is 0 Å². The second-order valence-corrected chi connectivity index (χ2v) is 15.9. The third-order valence-corrected chi connectivity index (χ3v) is 12.9. The highest BCUT2D eigenvalue weighted by Gasteiger charge is 2.20. The second kappa shape index (κ2) is 12.7. The van der Waals surface area contributed by atoms with Gasteiger partial charge in [0.1, 0.15) is 11.2 Å². The quantitative estimate of drug-likeness (QED) is 0.163. The zero-order valence-electron chi connectivity index (χ0n) is 30.8. The van der Waals surface area contributed by atoms with Crippen LogP contribution in [0.1, 0.15) is 0 Å². The number of furan rings is 1. The lowest BCUT2D eigenvalue weighted by molar-refractivity contribution is 0.673. The van der Waals surface area contributed by atoms with Crippen LogP contribution in [-0.2, 0) is 0 Å². The maximum absolute atomic E-state index is 6.54. The highest BCUT2D eigenvalue weighted by Crippen LogP contribution is 2.46. The summed E-state index contributed by atoms with van der Waals surface area (Å²) in [6, 6.07) is 72.7. The second-order valence-electron chi connectivity index (χ2n) is 14.8. The molecule has 0 atom stereocenters. The van der Waals surface area contributed by atoms with Crippen LogP contribution in [0.5, 0.6) is 0 Å². The Balaban J connectivity index is 0.983. The zero-order chi connectivity index (χ0) is 37.5. The van der Waals surface area contributed by atoms with Crippen molar-refractivity contribution in [1.82, 2.24) is 0 Å². The Morgan fingerprint density at radius 2 is 0.982 bits per heavy atom. The van der Waals surface area contributed by atoms with Crippen molar-refractivity contribution in [2.45, 2.75) is 0 Å². The van der Waals surface area contributed by atoms with Gasteiger partial charge in [-0.15, -0.1) is 11.3 Å². The van der Waals surface area contributed by atoms with Gasteiger partial charge in [0.2, 0.25) is 0 Å². The van der Waals surface area contributed by atoms with E-state index in [-0.39, 0.29) is 0 Å². The van der Waals surface area contributed by atoms with E-state index in [2.05, 4.69) is 205 Å². The molecule has 12 aromatic rings. The summed E-state index contributed by atoms with van der Waals surface area (Å²) in [5.74, 6) is 0. The first-order valence-electron chi connectivity index (χ1n) is 19.4. The van der Waals surface area contributed by atoms with Crippen LogP contribution in [0.25, 0.3) is 96.7 Å². The summed E-state index contributed by atoms with van der Waals surface area (Å²) in [4.78, 5) is 2.41. The molecule has 0 aliphatic rings. The van der Waals surface area contributed by atoms with Gasteiger partial charge in [-0.1, -0.05) is 146 Å². The van der Waals surface area contributed by atoms with Gasteiger partial charge in [0.05, 0.1) is 10.4 Å². The molecule has 57 heavy (non-hydrogen) atoms. The molecule has 0 spiro atoms. The zero-order valence-corrected chi connectivity index (χ0v) is 31.6. The van der Waals surface area contributed by atoms with E-state index in [0.29, 0.717) is 0 Å². The van der Waals surface area contributed by atoms with Gasteiger partial charge < -0.3 is 9.32 Å². The first-order chi connectivity index (χ1) is 28.2. The number of hydrogen-bond acceptors (Lipinski definition) is 3. The molecule has 266 valence electrons. The molecule has 12 rings (SSSR count). The largest absolute Gasteiger partial charge is 0.455 e.